The molecule has 1 saturated carbocycles. The van der Waals surface area contributed by atoms with E-state index >= 15 is 0 Å². The molecule has 1 N–H and O–H groups in total. The van der Waals surface area contributed by atoms with Gasteiger partial charge in [0, 0.05) is 5.02 Å². The number of benzene rings is 1. The molecule has 1 aliphatic carbocycles. The summed E-state index contributed by atoms with van der Waals surface area (Å²) in [7, 11) is -5.03. The Morgan fingerprint density at radius 3 is 2.33 bits per heavy atom. The van der Waals surface area contributed by atoms with Crippen LogP contribution in [0.3, 0.4) is 0 Å². The standard InChI is InChI=1S/C15H12ClF4N3O3S/c16-9-3-1-8(2-4-9)13(15(18,19)20)22-27(25,26)11-7-21-23(10-5-6-10)14(24)12(11)17/h1-4,7,10,13,22H,5-6H2. The normalized spacial score (nSPS) is 16.3. The molecule has 0 radical (unpaired) electrons. The summed E-state index contributed by atoms with van der Waals surface area (Å²) in [5, 5.41) is 3.72. The smallest absolute Gasteiger partial charge is 0.264 e. The van der Waals surface area contributed by atoms with Gasteiger partial charge >= 0.3 is 11.7 Å². The molecule has 0 bridgehead atoms. The lowest BCUT2D eigenvalue weighted by molar-refractivity contribution is -0.153. The van der Waals surface area contributed by atoms with Crippen LogP contribution in [0.2, 0.25) is 5.02 Å². The van der Waals surface area contributed by atoms with Gasteiger partial charge in [0.05, 0.1) is 12.2 Å². The van der Waals surface area contributed by atoms with Crippen LogP contribution in [0, 0.1) is 5.82 Å². The Morgan fingerprint density at radius 1 is 1.22 bits per heavy atom. The Kier molecular flexibility index (Phi) is 5.04. The van der Waals surface area contributed by atoms with Crippen LogP contribution in [0.25, 0.3) is 0 Å². The van der Waals surface area contributed by atoms with Gasteiger partial charge in [-0.25, -0.2) is 13.1 Å². The van der Waals surface area contributed by atoms with Gasteiger partial charge in [0.25, 0.3) is 0 Å². The van der Waals surface area contributed by atoms with Crippen LogP contribution >= 0.6 is 11.6 Å². The zero-order valence-corrected chi connectivity index (χ0v) is 14.9. The highest BCUT2D eigenvalue weighted by molar-refractivity contribution is 7.89. The Balaban J connectivity index is 1.99. The molecular weight excluding hydrogens is 414 g/mol. The summed E-state index contributed by atoms with van der Waals surface area (Å²) in [5.41, 5.74) is -1.74. The van der Waals surface area contributed by atoms with E-state index in [0.717, 1.165) is 28.9 Å². The minimum Gasteiger partial charge on any atom is -0.264 e. The molecule has 0 amide bonds. The number of sulfonamides is 1. The first-order chi connectivity index (χ1) is 12.5. The van der Waals surface area contributed by atoms with Crippen LogP contribution in [-0.2, 0) is 10.0 Å². The molecule has 1 atom stereocenters. The molecule has 0 spiro atoms. The van der Waals surface area contributed by atoms with E-state index in [9.17, 15) is 30.8 Å². The molecule has 1 unspecified atom stereocenters. The lowest BCUT2D eigenvalue weighted by atomic mass is 10.1. The summed E-state index contributed by atoms with van der Waals surface area (Å²) in [6, 6.07) is 1.30. The molecule has 12 heteroatoms. The van der Waals surface area contributed by atoms with Crippen LogP contribution in [0.4, 0.5) is 17.6 Å². The maximum atomic E-state index is 14.3. The van der Waals surface area contributed by atoms with E-state index < -0.39 is 44.1 Å². The van der Waals surface area contributed by atoms with Gasteiger partial charge < -0.3 is 0 Å². The first-order valence-corrected chi connectivity index (χ1v) is 9.48. The average molecular weight is 426 g/mol. The fraction of sp³-hybridized carbons (Fsp3) is 0.333. The van der Waals surface area contributed by atoms with E-state index in [1.54, 1.807) is 0 Å². The van der Waals surface area contributed by atoms with Crippen molar-refractivity contribution in [3.05, 3.63) is 57.2 Å². The molecule has 2 aromatic rings. The maximum Gasteiger partial charge on any atom is 0.408 e. The third-order valence-corrected chi connectivity index (χ3v) is 5.56. The van der Waals surface area contributed by atoms with Crippen LogP contribution in [0.15, 0.2) is 40.2 Å². The lowest BCUT2D eigenvalue weighted by Crippen LogP contribution is -2.39. The molecule has 3 rings (SSSR count). The second kappa shape index (κ2) is 6.88. The summed E-state index contributed by atoms with van der Waals surface area (Å²) in [6.07, 6.45) is -3.31. The van der Waals surface area contributed by atoms with Crippen molar-refractivity contribution in [1.82, 2.24) is 14.5 Å². The summed E-state index contributed by atoms with van der Waals surface area (Å²) >= 11 is 5.63. The number of hydrogen-bond acceptors (Lipinski definition) is 4. The fourth-order valence-corrected chi connectivity index (χ4v) is 3.74. The van der Waals surface area contributed by atoms with E-state index in [-0.39, 0.29) is 11.1 Å². The van der Waals surface area contributed by atoms with Crippen LogP contribution in [0.5, 0.6) is 0 Å². The lowest BCUT2D eigenvalue weighted by Gasteiger charge is -2.22. The number of rotatable bonds is 5. The first-order valence-electron chi connectivity index (χ1n) is 7.62. The van der Waals surface area contributed by atoms with Crippen molar-refractivity contribution in [1.29, 1.82) is 0 Å². The number of aromatic nitrogens is 2. The third kappa shape index (κ3) is 4.14. The zero-order chi connectivity index (χ0) is 20.0. The SMILES string of the molecule is O=c1c(F)c(S(=O)(=O)NC(c2ccc(Cl)cc2)C(F)(F)F)cnn1C1CC1. The predicted molar refractivity (Wildman–Crippen MR) is 87.3 cm³/mol. The molecule has 146 valence electrons. The molecule has 1 aromatic heterocycles. The minimum absolute atomic E-state index is 0.154. The highest BCUT2D eigenvalue weighted by Gasteiger charge is 2.44. The van der Waals surface area contributed by atoms with Gasteiger partial charge in [0.2, 0.25) is 15.8 Å². The molecule has 1 heterocycles. The maximum absolute atomic E-state index is 14.3. The van der Waals surface area contributed by atoms with Crippen molar-refractivity contribution in [3.63, 3.8) is 0 Å². The molecule has 1 fully saturated rings. The summed E-state index contributed by atoms with van der Waals surface area (Å²) < 4.78 is 81.2. The highest BCUT2D eigenvalue weighted by atomic mass is 35.5. The molecule has 0 aliphatic heterocycles. The van der Waals surface area contributed by atoms with E-state index in [4.69, 9.17) is 11.6 Å². The summed E-state index contributed by atoms with van der Waals surface area (Å²) in [6.45, 7) is 0. The number of alkyl halides is 3. The van der Waals surface area contributed by atoms with Crippen molar-refractivity contribution in [2.45, 2.75) is 36.0 Å². The zero-order valence-electron chi connectivity index (χ0n) is 13.4. The minimum atomic E-state index is -5.03. The highest BCUT2D eigenvalue weighted by Crippen LogP contribution is 2.35. The second-order valence-electron chi connectivity index (χ2n) is 5.95. The van der Waals surface area contributed by atoms with E-state index in [0.29, 0.717) is 19.0 Å². The number of halogens is 5. The van der Waals surface area contributed by atoms with E-state index in [2.05, 4.69) is 5.10 Å². The van der Waals surface area contributed by atoms with Crippen LogP contribution < -0.4 is 10.3 Å². The fourth-order valence-electron chi connectivity index (χ4n) is 2.39. The van der Waals surface area contributed by atoms with Crippen molar-refractivity contribution in [3.8, 4) is 0 Å². The molecular formula is C15H12ClF4N3O3S. The second-order valence-corrected chi connectivity index (χ2v) is 8.07. The summed E-state index contributed by atoms with van der Waals surface area (Å²) in [5.74, 6) is -1.68. The molecule has 1 aliphatic rings. The van der Waals surface area contributed by atoms with Gasteiger partial charge in [0.1, 0.15) is 10.9 Å². The molecule has 6 nitrogen and oxygen atoms in total. The predicted octanol–water partition coefficient (Wildman–Crippen LogP) is 2.95. The molecule has 1 aromatic carbocycles. The van der Waals surface area contributed by atoms with Gasteiger partial charge in [-0.1, -0.05) is 23.7 Å². The van der Waals surface area contributed by atoms with Crippen LogP contribution in [0.1, 0.15) is 30.5 Å². The van der Waals surface area contributed by atoms with Crippen LogP contribution in [-0.4, -0.2) is 24.4 Å². The van der Waals surface area contributed by atoms with Gasteiger partial charge in [0.15, 0.2) is 0 Å². The topological polar surface area (TPSA) is 81.1 Å². The largest absolute Gasteiger partial charge is 0.408 e. The molecule has 0 saturated heterocycles. The van der Waals surface area contributed by atoms with Gasteiger partial charge in [-0.15, -0.1) is 0 Å². The van der Waals surface area contributed by atoms with E-state index in [1.165, 1.54) is 4.72 Å². The Hall–Kier alpha value is -1.98. The van der Waals surface area contributed by atoms with Crippen molar-refractivity contribution >= 4 is 21.6 Å². The number of hydrogen-bond donors (Lipinski definition) is 1. The average Bonchev–Trinajstić information content (AvgIpc) is 3.40. The quantitative estimate of drug-likeness (QED) is 0.747. The first kappa shape index (κ1) is 19.8. The van der Waals surface area contributed by atoms with E-state index in [1.807, 2.05) is 0 Å². The molecule has 27 heavy (non-hydrogen) atoms. The Morgan fingerprint density at radius 2 is 1.81 bits per heavy atom. The Bertz CT molecular complexity index is 1020. The van der Waals surface area contributed by atoms with Gasteiger partial charge in [-0.2, -0.15) is 27.4 Å². The number of nitrogens with one attached hydrogen (secondary N) is 1. The number of nitrogens with zero attached hydrogens (tertiary/aromatic N) is 2. The monoisotopic (exact) mass is 425 g/mol. The van der Waals surface area contributed by atoms with Gasteiger partial charge in [-0.3, -0.25) is 4.79 Å². The van der Waals surface area contributed by atoms with Crippen molar-refractivity contribution < 1.29 is 26.0 Å². The Labute approximate surface area is 155 Å². The van der Waals surface area contributed by atoms with Crippen molar-refractivity contribution in [2.24, 2.45) is 0 Å². The van der Waals surface area contributed by atoms with Crippen molar-refractivity contribution in [2.75, 3.05) is 0 Å². The third-order valence-electron chi connectivity index (χ3n) is 3.90. The van der Waals surface area contributed by atoms with Gasteiger partial charge in [-0.05, 0) is 30.5 Å². The summed E-state index contributed by atoms with van der Waals surface area (Å²) in [4.78, 5) is 10.7.